The van der Waals surface area contributed by atoms with Crippen LogP contribution in [0.4, 0.5) is 11.6 Å². The number of fused-ring (bicyclic) bond motifs is 12. The van der Waals surface area contributed by atoms with Crippen molar-refractivity contribution >= 4 is 60.5 Å². The normalized spacial score (nSPS) is 43.2. The third-order valence-electron chi connectivity index (χ3n) is 19.7. The molecule has 5 atom stereocenters. The minimum atomic E-state index is -4.19. The third kappa shape index (κ3) is 5.69. The molecule has 69 heavy (non-hydrogen) atoms. The summed E-state index contributed by atoms with van der Waals surface area (Å²) >= 11 is 0. The van der Waals surface area contributed by atoms with Crippen molar-refractivity contribution in [2.75, 3.05) is 13.2 Å². The molecule has 10 aliphatic carbocycles. The molecule has 18 rings (SSSR count). The second kappa shape index (κ2) is 13.3. The van der Waals surface area contributed by atoms with Crippen molar-refractivity contribution in [3.8, 4) is 0 Å². The minimum Gasteiger partial charge on any atom is -0.361 e. The maximum atomic E-state index is 8.57. The Morgan fingerprint density at radius 3 is 1.74 bits per heavy atom. The Kier molecular flexibility index (Phi) is 7.85. The highest BCUT2D eigenvalue weighted by Gasteiger charge is 2.67. The fraction of sp³-hybridized carbons (Fsp3) is 0.534. The highest BCUT2D eigenvalue weighted by atomic mass is 28.4. The van der Waals surface area contributed by atoms with E-state index in [2.05, 4.69) is 115 Å². The van der Waals surface area contributed by atoms with Crippen LogP contribution in [0.3, 0.4) is 0 Å². The van der Waals surface area contributed by atoms with Crippen molar-refractivity contribution < 1.29 is 8.85 Å². The molecule has 0 saturated heterocycles. The highest BCUT2D eigenvalue weighted by molar-refractivity contribution is 6.68. The number of aliphatic imine (C=N–C) groups is 5. The van der Waals surface area contributed by atoms with E-state index in [1.807, 2.05) is 0 Å². The summed E-state index contributed by atoms with van der Waals surface area (Å²) in [5.41, 5.74) is 8.10. The van der Waals surface area contributed by atoms with Crippen molar-refractivity contribution in [2.45, 2.75) is 137 Å². The van der Waals surface area contributed by atoms with Crippen LogP contribution in [0.15, 0.2) is 120 Å². The predicted molar refractivity (Wildman–Crippen MR) is 275 cm³/mol. The molecule has 8 saturated carbocycles. The van der Waals surface area contributed by atoms with Gasteiger partial charge in [0.1, 0.15) is 29.5 Å². The van der Waals surface area contributed by atoms with Gasteiger partial charge in [0.15, 0.2) is 17.5 Å². The van der Waals surface area contributed by atoms with Gasteiger partial charge in [-0.05, 0) is 147 Å². The van der Waals surface area contributed by atoms with E-state index in [1.165, 1.54) is 82.6 Å². The first-order valence-electron chi connectivity index (χ1n) is 26.6. The number of allylic oxidation sites excluding steroid dienone is 2. The smallest absolute Gasteiger partial charge is 0.361 e. The van der Waals surface area contributed by atoms with Gasteiger partial charge in [-0.2, -0.15) is 0 Å². The van der Waals surface area contributed by atoms with Crippen LogP contribution in [0.25, 0.3) is 10.8 Å². The van der Waals surface area contributed by atoms with Gasteiger partial charge >= 0.3 is 8.88 Å². The van der Waals surface area contributed by atoms with Gasteiger partial charge in [-0.25, -0.2) is 25.0 Å². The summed E-state index contributed by atoms with van der Waals surface area (Å²) in [6.07, 6.45) is 27.5. The average Bonchev–Trinajstić information content (AvgIpc) is 4.01. The van der Waals surface area contributed by atoms with Gasteiger partial charge in [0.2, 0.25) is 0 Å². The molecule has 1 N–H and O–H groups in total. The number of hydrogen-bond acceptors (Lipinski definition) is 9. The van der Waals surface area contributed by atoms with Gasteiger partial charge in [-0.1, -0.05) is 101 Å². The van der Waals surface area contributed by atoms with Crippen LogP contribution < -0.4 is 5.32 Å². The van der Waals surface area contributed by atoms with Crippen molar-refractivity contribution in [1.82, 2.24) is 14.1 Å². The molecule has 0 spiro atoms. The van der Waals surface area contributed by atoms with Gasteiger partial charge in [0.25, 0.3) is 0 Å². The maximum Gasteiger partial charge on any atom is 0.599 e. The Labute approximate surface area is 407 Å². The molecule has 15 aliphatic rings. The zero-order valence-corrected chi connectivity index (χ0v) is 41.8. The predicted octanol–water partition coefficient (Wildman–Crippen LogP) is 12.5. The summed E-state index contributed by atoms with van der Waals surface area (Å²) < 4.78 is 22.1. The number of rotatable bonds is 6. The van der Waals surface area contributed by atoms with Gasteiger partial charge in [0.05, 0.1) is 0 Å². The summed E-state index contributed by atoms with van der Waals surface area (Å²) in [5, 5.41) is 6.25. The fourth-order valence-electron chi connectivity index (χ4n) is 19.7. The molecule has 14 bridgehead atoms. The van der Waals surface area contributed by atoms with Gasteiger partial charge in [-0.3, -0.25) is 8.80 Å². The van der Waals surface area contributed by atoms with Crippen LogP contribution in [0.1, 0.15) is 148 Å². The number of aromatic nitrogens is 1. The highest BCUT2D eigenvalue weighted by Crippen LogP contribution is 2.71. The number of nitrogens with zero attached hydrogens (tertiary/aromatic N) is 7. The van der Waals surface area contributed by atoms with Crippen molar-refractivity contribution in [1.29, 1.82) is 0 Å². The summed E-state index contributed by atoms with van der Waals surface area (Å²) in [6.45, 7) is 11.6. The molecule has 6 heterocycles. The second-order valence-electron chi connectivity index (χ2n) is 26.3. The molecule has 3 aromatic rings. The number of hydrogen-bond donors (Lipinski definition) is 1. The fourth-order valence-corrected chi connectivity index (χ4v) is 23.4. The van der Waals surface area contributed by atoms with Crippen molar-refractivity contribution in [3.05, 3.63) is 106 Å². The SMILES string of the molecule is CC12CC3CC(C)(C1)CC(CO[Si]1(OCC45CC6CC(C)(CC(C)(C6)C4)C5)N4/C5=N\C6=NC(=N\c7c8ccccc8c(n71)/N=C1\N=C(NC4c4ccccc45)C4=C1C=CCC4)/C1=C6C=CCC1)(C3)C2. The molecule has 0 radical (unpaired) electrons. The second-order valence-corrected chi connectivity index (χ2v) is 28.9. The molecule has 352 valence electrons. The molecule has 5 unspecified atom stereocenters. The van der Waals surface area contributed by atoms with Crippen molar-refractivity contribution in [3.63, 3.8) is 0 Å². The zero-order chi connectivity index (χ0) is 45.9. The molecule has 11 heteroatoms. The van der Waals surface area contributed by atoms with E-state index >= 15 is 0 Å². The van der Waals surface area contributed by atoms with Crippen LogP contribution in [0, 0.1) is 44.3 Å². The first-order chi connectivity index (χ1) is 33.3. The lowest BCUT2D eigenvalue weighted by molar-refractivity contribution is -0.169. The number of amidine groups is 5. The van der Waals surface area contributed by atoms with Crippen LogP contribution in [0.2, 0.25) is 0 Å². The monoisotopic (exact) mass is 932 g/mol. The topological polar surface area (TPSA) is 100 Å². The van der Waals surface area contributed by atoms with E-state index in [0.717, 1.165) is 117 Å². The zero-order valence-electron chi connectivity index (χ0n) is 40.8. The van der Waals surface area contributed by atoms with Gasteiger partial charge in [0, 0.05) is 57.4 Å². The van der Waals surface area contributed by atoms with Crippen LogP contribution in [-0.4, -0.2) is 60.1 Å². The van der Waals surface area contributed by atoms with Gasteiger partial charge < -0.3 is 14.2 Å². The maximum absolute atomic E-state index is 8.57. The van der Waals surface area contributed by atoms with Crippen LogP contribution in [0.5, 0.6) is 0 Å². The Bertz CT molecular complexity index is 3100. The lowest BCUT2D eigenvalue weighted by Crippen LogP contribution is -2.69. The Balaban J connectivity index is 1.01. The largest absolute Gasteiger partial charge is 0.599 e. The van der Waals surface area contributed by atoms with E-state index in [-0.39, 0.29) is 10.8 Å². The Hall–Kier alpha value is -4.97. The summed E-state index contributed by atoms with van der Waals surface area (Å²) in [5.74, 6) is 7.02. The van der Waals surface area contributed by atoms with Crippen LogP contribution in [-0.2, 0) is 8.85 Å². The molecule has 5 aliphatic heterocycles. The Morgan fingerprint density at radius 2 is 1.13 bits per heavy atom. The lowest BCUT2D eigenvalue weighted by atomic mass is 9.40. The molecular formula is C58H64N8O2Si. The molecule has 0 amide bonds. The molecule has 1 aromatic heterocycles. The first-order valence-corrected chi connectivity index (χ1v) is 28.3. The quantitative estimate of drug-likeness (QED) is 0.249. The van der Waals surface area contributed by atoms with Crippen molar-refractivity contribution in [2.24, 2.45) is 69.3 Å². The van der Waals surface area contributed by atoms with E-state index < -0.39 is 15.0 Å². The molecular weight excluding hydrogens is 869 g/mol. The van der Waals surface area contributed by atoms with E-state index in [9.17, 15) is 0 Å². The standard InChI is InChI=1S/C58H64N8O2Si/c1-53-21-35-22-54(2,27-53)30-57(25-35,29-53)33-67-69(68-34-58-26-36-23-55(3,31-58)28-56(4,24-36)32-58)65-49-41-17-9-10-18-42(41)51(65)63-47-39-15-7-8-16-40(39)48(60-47)64-52-44-20-12-11-19-43(44)50(66(52)69)62-46-38-14-6-5-13-37(38)45(59-46)61-49/h5,8-13,16-20,35-36,50H,6-7,14-15,21-34H2,1-4H3,(H,59,61,62)/b63-47-,64-52-. The lowest BCUT2D eigenvalue weighted by Gasteiger charge is -2.66. The summed E-state index contributed by atoms with van der Waals surface area (Å²) in [4.78, 5) is 28.5. The molecule has 10 nitrogen and oxygen atoms in total. The minimum absolute atomic E-state index is 0.0287. The summed E-state index contributed by atoms with van der Waals surface area (Å²) in [7, 11) is -4.19. The Morgan fingerprint density at radius 1 is 0.594 bits per heavy atom. The van der Waals surface area contributed by atoms with Crippen LogP contribution >= 0.6 is 0 Å². The number of nitrogens with one attached hydrogen (secondary N) is 1. The van der Waals surface area contributed by atoms with E-state index in [1.54, 1.807) is 0 Å². The van der Waals surface area contributed by atoms with Gasteiger partial charge in [-0.15, -0.1) is 0 Å². The average molecular weight is 933 g/mol. The van der Waals surface area contributed by atoms with E-state index in [0.29, 0.717) is 34.9 Å². The molecule has 2 aromatic carbocycles. The molecule has 8 fully saturated rings. The number of benzene rings is 2. The third-order valence-corrected chi connectivity index (χ3v) is 22.8. The summed E-state index contributed by atoms with van der Waals surface area (Å²) in [6, 6.07) is 17.7. The first kappa shape index (κ1) is 40.7. The van der Waals surface area contributed by atoms with E-state index in [4.69, 9.17) is 33.8 Å².